The van der Waals surface area contributed by atoms with Crippen molar-refractivity contribution in [2.75, 3.05) is 11.4 Å². The number of nitrogens with zero attached hydrogens (tertiary/aromatic N) is 2. The Labute approximate surface area is 174 Å². The highest BCUT2D eigenvalue weighted by Gasteiger charge is 2.28. The zero-order valence-electron chi connectivity index (χ0n) is 13.7. The third-order valence-electron chi connectivity index (χ3n) is 4.38. The topological polar surface area (TPSA) is 15.6 Å². The third-order valence-corrected chi connectivity index (χ3v) is 5.69. The molecular weight excluding hydrogens is 476 g/mol. The summed E-state index contributed by atoms with van der Waals surface area (Å²) >= 11 is 13.1. The van der Waals surface area contributed by atoms with E-state index in [1.54, 1.807) is 0 Å². The molecule has 0 N–H and O–H groups in total. The fourth-order valence-corrected chi connectivity index (χ4v) is 3.72. The first-order chi connectivity index (χ1) is 12.6. The predicted molar refractivity (Wildman–Crippen MR) is 116 cm³/mol. The number of amidine groups is 1. The summed E-state index contributed by atoms with van der Waals surface area (Å²) in [6.45, 7) is 0.807. The molecule has 1 aliphatic heterocycles. The lowest BCUT2D eigenvalue weighted by Gasteiger charge is -2.21. The first-order valence-electron chi connectivity index (χ1n) is 8.22. The van der Waals surface area contributed by atoms with Crippen LogP contribution in [0.4, 0.5) is 5.69 Å². The van der Waals surface area contributed by atoms with E-state index in [2.05, 4.69) is 85.3 Å². The van der Waals surface area contributed by atoms with Crippen LogP contribution in [0, 0.1) is 0 Å². The van der Waals surface area contributed by atoms with Crippen molar-refractivity contribution < 1.29 is 0 Å². The molecular formula is C21H15Br2ClN2. The number of rotatable bonds is 3. The van der Waals surface area contributed by atoms with Crippen LogP contribution in [0.2, 0.25) is 5.02 Å². The van der Waals surface area contributed by atoms with E-state index >= 15 is 0 Å². The van der Waals surface area contributed by atoms with Gasteiger partial charge in [-0.25, -0.2) is 0 Å². The zero-order valence-corrected chi connectivity index (χ0v) is 17.7. The van der Waals surface area contributed by atoms with E-state index < -0.39 is 0 Å². The second-order valence-corrected chi connectivity index (χ2v) is 8.38. The van der Waals surface area contributed by atoms with Gasteiger partial charge < -0.3 is 4.90 Å². The Bertz CT molecular complexity index is 935. The summed E-state index contributed by atoms with van der Waals surface area (Å²) in [4.78, 5) is 7.31. The lowest BCUT2D eigenvalue weighted by Crippen LogP contribution is -2.28. The summed E-state index contributed by atoms with van der Waals surface area (Å²) in [5.41, 5.74) is 3.40. The van der Waals surface area contributed by atoms with Gasteiger partial charge in [-0.1, -0.05) is 55.6 Å². The molecule has 3 aromatic rings. The molecule has 1 unspecified atom stereocenters. The summed E-state index contributed by atoms with van der Waals surface area (Å²) < 4.78 is 2.14. The Morgan fingerprint density at radius 2 is 1.38 bits per heavy atom. The van der Waals surface area contributed by atoms with Gasteiger partial charge in [-0.2, -0.15) is 0 Å². The molecule has 0 aliphatic carbocycles. The molecule has 0 bridgehead atoms. The maximum Gasteiger partial charge on any atom is 0.136 e. The normalized spacial score (nSPS) is 16.7. The van der Waals surface area contributed by atoms with Crippen LogP contribution in [-0.4, -0.2) is 12.4 Å². The van der Waals surface area contributed by atoms with E-state index in [9.17, 15) is 0 Å². The van der Waals surface area contributed by atoms with Crippen LogP contribution in [-0.2, 0) is 0 Å². The van der Waals surface area contributed by atoms with Gasteiger partial charge in [0.25, 0.3) is 0 Å². The molecule has 0 saturated heterocycles. The Kier molecular flexibility index (Phi) is 5.16. The van der Waals surface area contributed by atoms with Crippen molar-refractivity contribution in [3.63, 3.8) is 0 Å². The molecule has 1 aliphatic rings. The quantitative estimate of drug-likeness (QED) is 0.391. The molecule has 4 rings (SSSR count). The van der Waals surface area contributed by atoms with E-state index in [-0.39, 0.29) is 6.04 Å². The summed E-state index contributed by atoms with van der Waals surface area (Å²) in [5, 5.41) is 0.729. The van der Waals surface area contributed by atoms with E-state index in [4.69, 9.17) is 16.6 Å². The molecule has 1 atom stereocenters. The maximum absolute atomic E-state index is 6.07. The van der Waals surface area contributed by atoms with Crippen LogP contribution in [0.5, 0.6) is 0 Å². The SMILES string of the molecule is Clc1ccc(C2=NC(c3ccc(Br)cc3)CN2c2ccc(Br)cc2)cc1. The highest BCUT2D eigenvalue weighted by molar-refractivity contribution is 9.10. The van der Waals surface area contributed by atoms with Gasteiger partial charge in [0.05, 0.1) is 12.6 Å². The summed E-state index contributed by atoms with van der Waals surface area (Å²) in [6.07, 6.45) is 0. The molecule has 2 nitrogen and oxygen atoms in total. The molecule has 1 heterocycles. The van der Waals surface area contributed by atoms with E-state index in [0.29, 0.717) is 0 Å². The fraction of sp³-hybridized carbons (Fsp3) is 0.0952. The first kappa shape index (κ1) is 17.8. The summed E-state index contributed by atoms with van der Waals surface area (Å²) in [5.74, 6) is 0.969. The van der Waals surface area contributed by atoms with Crippen LogP contribution in [0.15, 0.2) is 86.7 Å². The highest BCUT2D eigenvalue weighted by atomic mass is 79.9. The van der Waals surface area contributed by atoms with Gasteiger partial charge >= 0.3 is 0 Å². The second kappa shape index (κ2) is 7.55. The van der Waals surface area contributed by atoms with Crippen molar-refractivity contribution in [2.45, 2.75) is 6.04 Å². The van der Waals surface area contributed by atoms with Gasteiger partial charge in [-0.05, 0) is 66.2 Å². The van der Waals surface area contributed by atoms with Crippen LogP contribution < -0.4 is 4.90 Å². The second-order valence-electron chi connectivity index (χ2n) is 6.11. The molecule has 0 saturated carbocycles. The number of aliphatic imine (C=N–C) groups is 1. The molecule has 26 heavy (non-hydrogen) atoms. The zero-order chi connectivity index (χ0) is 18.1. The molecule has 3 aromatic carbocycles. The minimum absolute atomic E-state index is 0.0948. The van der Waals surface area contributed by atoms with Crippen LogP contribution >= 0.6 is 43.5 Å². The Balaban J connectivity index is 1.74. The monoisotopic (exact) mass is 488 g/mol. The van der Waals surface area contributed by atoms with E-state index in [0.717, 1.165) is 37.6 Å². The van der Waals surface area contributed by atoms with Crippen molar-refractivity contribution >= 4 is 55.0 Å². The number of hydrogen-bond acceptors (Lipinski definition) is 2. The molecule has 0 spiro atoms. The molecule has 5 heteroatoms. The van der Waals surface area contributed by atoms with Gasteiger partial charge in [0.15, 0.2) is 0 Å². The average Bonchev–Trinajstić information content (AvgIpc) is 3.09. The summed E-state index contributed by atoms with van der Waals surface area (Å²) in [6, 6.07) is 24.7. The minimum atomic E-state index is 0.0948. The molecule has 0 amide bonds. The summed E-state index contributed by atoms with van der Waals surface area (Å²) in [7, 11) is 0. The lowest BCUT2D eigenvalue weighted by atomic mass is 10.1. The predicted octanol–water partition coefficient (Wildman–Crippen LogP) is 6.87. The first-order valence-corrected chi connectivity index (χ1v) is 10.2. The fourth-order valence-electron chi connectivity index (χ4n) is 3.06. The van der Waals surface area contributed by atoms with Crippen molar-refractivity contribution in [2.24, 2.45) is 4.99 Å². The van der Waals surface area contributed by atoms with Gasteiger partial charge in [0.1, 0.15) is 5.84 Å². The number of hydrogen-bond donors (Lipinski definition) is 0. The van der Waals surface area contributed by atoms with Crippen molar-refractivity contribution in [1.29, 1.82) is 0 Å². The van der Waals surface area contributed by atoms with Crippen molar-refractivity contribution in [3.05, 3.63) is 97.9 Å². The van der Waals surface area contributed by atoms with Crippen LogP contribution in [0.25, 0.3) is 0 Å². The van der Waals surface area contributed by atoms with Crippen molar-refractivity contribution in [1.82, 2.24) is 0 Å². The standard InChI is InChI=1S/C21H15Br2ClN2/c22-16-5-1-14(2-6-16)20-13-26(19-11-7-17(23)8-12-19)21(25-20)15-3-9-18(24)10-4-15/h1-12,20H,13H2. The van der Waals surface area contributed by atoms with Gasteiger partial charge in [0, 0.05) is 25.2 Å². The Morgan fingerprint density at radius 3 is 2.00 bits per heavy atom. The molecule has 0 radical (unpaired) electrons. The smallest absolute Gasteiger partial charge is 0.136 e. The number of anilines is 1. The van der Waals surface area contributed by atoms with Crippen molar-refractivity contribution in [3.8, 4) is 0 Å². The minimum Gasteiger partial charge on any atom is -0.324 e. The molecule has 0 aromatic heterocycles. The van der Waals surface area contributed by atoms with Gasteiger partial charge in [-0.3, -0.25) is 4.99 Å². The maximum atomic E-state index is 6.07. The van der Waals surface area contributed by atoms with E-state index in [1.807, 2.05) is 24.3 Å². The van der Waals surface area contributed by atoms with E-state index in [1.165, 1.54) is 5.56 Å². The average molecular weight is 491 g/mol. The highest BCUT2D eigenvalue weighted by Crippen LogP contribution is 2.32. The Morgan fingerprint density at radius 1 is 0.808 bits per heavy atom. The lowest BCUT2D eigenvalue weighted by molar-refractivity contribution is 0.780. The van der Waals surface area contributed by atoms with Crippen LogP contribution in [0.3, 0.4) is 0 Å². The third kappa shape index (κ3) is 3.73. The molecule has 130 valence electrons. The van der Waals surface area contributed by atoms with Crippen LogP contribution in [0.1, 0.15) is 17.2 Å². The van der Waals surface area contributed by atoms with Gasteiger partial charge in [-0.15, -0.1) is 0 Å². The van der Waals surface area contributed by atoms with Gasteiger partial charge in [0.2, 0.25) is 0 Å². The Hall–Kier alpha value is -1.62. The number of halogens is 3. The largest absolute Gasteiger partial charge is 0.324 e. The number of benzene rings is 3. The molecule has 0 fully saturated rings.